The summed E-state index contributed by atoms with van der Waals surface area (Å²) in [4.78, 5) is 25.5. The lowest BCUT2D eigenvalue weighted by Crippen LogP contribution is -2.22. The lowest BCUT2D eigenvalue weighted by atomic mass is 10.1. The Morgan fingerprint density at radius 3 is 2.15 bits per heavy atom. The number of nitrogens with zero attached hydrogens (tertiary/aromatic N) is 1. The third kappa shape index (κ3) is 10.3. The highest BCUT2D eigenvalue weighted by molar-refractivity contribution is 7.71. The molecule has 0 radical (unpaired) electrons. The molecule has 146 valence electrons. The second-order valence-corrected chi connectivity index (χ2v) is 7.20. The van der Waals surface area contributed by atoms with Gasteiger partial charge in [-0.15, -0.1) is 0 Å². The molecule has 0 aliphatic heterocycles. The number of hydrogen-bond acceptors (Lipinski definition) is 4. The van der Waals surface area contributed by atoms with Gasteiger partial charge in [-0.2, -0.15) is 0 Å². The fourth-order valence-corrected chi connectivity index (χ4v) is 2.85. The monoisotopic (exact) mass is 380 g/mol. The molecule has 1 rings (SSSR count). The number of carbonyl (C=O) groups is 1. The first kappa shape index (κ1) is 22.4. The number of H-pyrrole nitrogens is 1. The summed E-state index contributed by atoms with van der Waals surface area (Å²) in [7, 11) is 0. The molecule has 0 spiro atoms. The highest BCUT2D eigenvalue weighted by Crippen LogP contribution is 2.11. The van der Waals surface area contributed by atoms with Crippen molar-refractivity contribution in [3.8, 4) is 0 Å². The lowest BCUT2D eigenvalue weighted by Gasteiger charge is -2.05. The predicted molar refractivity (Wildman–Crippen MR) is 108 cm³/mol. The molecule has 0 bridgehead atoms. The molecule has 0 saturated heterocycles. The van der Waals surface area contributed by atoms with Gasteiger partial charge in [0.05, 0.1) is 6.61 Å². The van der Waals surface area contributed by atoms with Gasteiger partial charge < -0.3 is 9.30 Å². The van der Waals surface area contributed by atoms with Crippen LogP contribution in [0.3, 0.4) is 0 Å². The van der Waals surface area contributed by atoms with Gasteiger partial charge in [-0.25, -0.2) is 9.59 Å². The lowest BCUT2D eigenvalue weighted by molar-refractivity contribution is -0.139. The van der Waals surface area contributed by atoms with Crippen LogP contribution in [0.5, 0.6) is 0 Å². The van der Waals surface area contributed by atoms with Crippen LogP contribution in [0.25, 0.3) is 0 Å². The Morgan fingerprint density at radius 2 is 1.62 bits per heavy atom. The van der Waals surface area contributed by atoms with Gasteiger partial charge in [0.2, 0.25) is 0 Å². The van der Waals surface area contributed by atoms with Crippen LogP contribution in [0.4, 0.5) is 0 Å². The molecule has 26 heavy (non-hydrogen) atoms. The Balaban J connectivity index is 1.88. The highest BCUT2D eigenvalue weighted by atomic mass is 32.1. The largest absolute Gasteiger partial charge is 0.462 e. The minimum Gasteiger partial charge on any atom is -0.462 e. The van der Waals surface area contributed by atoms with Gasteiger partial charge in [-0.05, 0) is 25.8 Å². The summed E-state index contributed by atoms with van der Waals surface area (Å²) >= 11 is 4.92. The maximum atomic E-state index is 11.6. The van der Waals surface area contributed by atoms with E-state index in [1.807, 2.05) is 0 Å². The molecule has 0 amide bonds. The molecule has 1 heterocycles. The summed E-state index contributed by atoms with van der Waals surface area (Å²) in [6.07, 6.45) is 13.4. The van der Waals surface area contributed by atoms with Crippen LogP contribution in [-0.4, -0.2) is 22.1 Å². The number of aromatic nitrogens is 2. The molecule has 0 atom stereocenters. The average molecular weight is 381 g/mol. The Labute approximate surface area is 161 Å². The number of hydrogen-bond donors (Lipinski definition) is 1. The summed E-state index contributed by atoms with van der Waals surface area (Å²) < 4.78 is 7.23. The van der Waals surface area contributed by atoms with Crippen LogP contribution in [0.15, 0.2) is 29.2 Å². The van der Waals surface area contributed by atoms with E-state index in [1.165, 1.54) is 38.5 Å². The minimum atomic E-state index is -0.287. The fraction of sp³-hybridized carbons (Fsp3) is 0.650. The van der Waals surface area contributed by atoms with Gasteiger partial charge in [-0.3, -0.25) is 4.98 Å². The van der Waals surface area contributed by atoms with E-state index in [4.69, 9.17) is 17.0 Å². The van der Waals surface area contributed by atoms with E-state index in [0.717, 1.165) is 32.2 Å². The summed E-state index contributed by atoms with van der Waals surface area (Å²) in [6.45, 7) is 6.48. The number of aromatic amines is 1. The zero-order chi connectivity index (χ0) is 19.2. The van der Waals surface area contributed by atoms with Crippen molar-refractivity contribution in [3.63, 3.8) is 0 Å². The maximum Gasteiger partial charge on any atom is 0.333 e. The van der Waals surface area contributed by atoms with E-state index in [2.05, 4.69) is 11.6 Å². The van der Waals surface area contributed by atoms with E-state index < -0.39 is 0 Å². The van der Waals surface area contributed by atoms with E-state index in [-0.39, 0.29) is 11.7 Å². The molecular formula is C20H32N2O3S. The molecule has 0 unspecified atom stereocenters. The molecule has 0 aromatic carbocycles. The fourth-order valence-electron chi connectivity index (χ4n) is 2.71. The highest BCUT2D eigenvalue weighted by Gasteiger charge is 2.01. The number of ether oxygens (including phenoxy) is 1. The van der Waals surface area contributed by atoms with E-state index in [1.54, 1.807) is 23.8 Å². The quantitative estimate of drug-likeness (QED) is 0.215. The van der Waals surface area contributed by atoms with Crippen molar-refractivity contribution in [2.24, 2.45) is 0 Å². The van der Waals surface area contributed by atoms with E-state index in [9.17, 15) is 9.59 Å². The van der Waals surface area contributed by atoms with Gasteiger partial charge >= 0.3 is 11.7 Å². The Hall–Kier alpha value is -1.69. The van der Waals surface area contributed by atoms with Crippen LogP contribution in [-0.2, 0) is 16.1 Å². The van der Waals surface area contributed by atoms with Gasteiger partial charge in [0, 0.05) is 18.3 Å². The van der Waals surface area contributed by atoms with Crippen molar-refractivity contribution >= 4 is 18.2 Å². The zero-order valence-electron chi connectivity index (χ0n) is 15.9. The first-order chi connectivity index (χ1) is 12.5. The minimum absolute atomic E-state index is 0.119. The molecule has 0 fully saturated rings. The molecule has 6 heteroatoms. The van der Waals surface area contributed by atoms with Gasteiger partial charge in [0.25, 0.3) is 0 Å². The number of aryl methyl sites for hydroxylation is 1. The topological polar surface area (TPSA) is 64.1 Å². The van der Waals surface area contributed by atoms with Crippen molar-refractivity contribution < 1.29 is 9.53 Å². The molecule has 1 aromatic heterocycles. The van der Waals surface area contributed by atoms with Gasteiger partial charge in [0.1, 0.15) is 4.64 Å². The van der Waals surface area contributed by atoms with Gasteiger partial charge in [-0.1, -0.05) is 70.2 Å². The number of carbonyl (C=O) groups excluding carboxylic acids is 1. The van der Waals surface area contributed by atoms with E-state index in [0.29, 0.717) is 16.8 Å². The van der Waals surface area contributed by atoms with Crippen molar-refractivity contribution in [1.29, 1.82) is 0 Å². The molecule has 0 saturated carbocycles. The van der Waals surface area contributed by atoms with Crippen LogP contribution in [0.2, 0.25) is 0 Å². The maximum absolute atomic E-state index is 11.6. The summed E-state index contributed by atoms with van der Waals surface area (Å²) in [5.41, 5.74) is 0.344. The second kappa shape index (κ2) is 13.5. The first-order valence-corrected chi connectivity index (χ1v) is 10.0. The van der Waals surface area contributed by atoms with Crippen molar-refractivity contribution in [1.82, 2.24) is 9.55 Å². The van der Waals surface area contributed by atoms with Crippen molar-refractivity contribution in [3.05, 3.63) is 39.5 Å². The summed E-state index contributed by atoms with van der Waals surface area (Å²) in [6, 6.07) is 1.75. The number of esters is 1. The Kier molecular flexibility index (Phi) is 11.6. The van der Waals surface area contributed by atoms with Gasteiger partial charge in [0.15, 0.2) is 0 Å². The third-order valence-corrected chi connectivity index (χ3v) is 4.51. The van der Waals surface area contributed by atoms with Crippen LogP contribution in [0.1, 0.15) is 71.1 Å². The number of rotatable bonds is 14. The molecule has 1 N–H and O–H groups in total. The van der Waals surface area contributed by atoms with Crippen molar-refractivity contribution in [2.75, 3.05) is 6.61 Å². The number of nitrogens with one attached hydrogen (secondary N) is 1. The zero-order valence-corrected chi connectivity index (χ0v) is 16.7. The standard InChI is InChI=1S/C20H32N2O3S/c1-17(2)19(23)25-16-12-10-8-6-4-3-5-7-9-11-14-22-15-13-18(26)21-20(22)24/h13,15H,1,3-12,14,16H2,2H3,(H,21,24,26). The normalized spacial score (nSPS) is 10.7. The Morgan fingerprint density at radius 1 is 1.08 bits per heavy atom. The smallest absolute Gasteiger partial charge is 0.333 e. The van der Waals surface area contributed by atoms with E-state index >= 15 is 0 Å². The number of unbranched alkanes of at least 4 members (excludes halogenated alkanes) is 9. The predicted octanol–water partition coefficient (Wildman–Crippen LogP) is 4.93. The summed E-state index contributed by atoms with van der Waals surface area (Å²) in [5, 5.41) is 0. The molecular weight excluding hydrogens is 348 g/mol. The van der Waals surface area contributed by atoms with Crippen LogP contribution in [0, 0.1) is 4.64 Å². The average Bonchev–Trinajstić information content (AvgIpc) is 2.60. The Bertz CT molecular complexity index is 664. The molecule has 5 nitrogen and oxygen atoms in total. The van der Waals surface area contributed by atoms with Crippen LogP contribution < -0.4 is 5.69 Å². The third-order valence-electron chi connectivity index (χ3n) is 4.27. The molecule has 1 aromatic rings. The van der Waals surface area contributed by atoms with Crippen molar-refractivity contribution in [2.45, 2.75) is 77.7 Å². The molecule has 0 aliphatic carbocycles. The second-order valence-electron chi connectivity index (χ2n) is 6.76. The molecule has 0 aliphatic rings. The van der Waals surface area contributed by atoms with Crippen LogP contribution >= 0.6 is 12.2 Å². The SMILES string of the molecule is C=C(C)C(=O)OCCCCCCCCCCCCn1ccc(=S)[nH]c1=O. The summed E-state index contributed by atoms with van der Waals surface area (Å²) in [5.74, 6) is -0.287. The first-order valence-electron chi connectivity index (χ1n) is 9.63.